The first-order valence-electron chi connectivity index (χ1n) is 10.2. The molecule has 0 aliphatic rings. The summed E-state index contributed by atoms with van der Waals surface area (Å²) >= 11 is 0. The summed E-state index contributed by atoms with van der Waals surface area (Å²) in [6.45, 7) is 4.64. The lowest BCUT2D eigenvalue weighted by atomic mass is 10.2. The van der Waals surface area contributed by atoms with Crippen LogP contribution in [0.4, 0.5) is 5.69 Å². The molecule has 0 fully saturated rings. The first-order valence-corrected chi connectivity index (χ1v) is 10.2. The van der Waals surface area contributed by atoms with Crippen molar-refractivity contribution in [2.24, 2.45) is 0 Å². The van der Waals surface area contributed by atoms with E-state index < -0.39 is 11.9 Å². The van der Waals surface area contributed by atoms with E-state index in [0.717, 1.165) is 5.75 Å². The largest absolute Gasteiger partial charge is 0.497 e. The lowest BCUT2D eigenvalue weighted by molar-refractivity contribution is -0.147. The van der Waals surface area contributed by atoms with Gasteiger partial charge in [-0.05, 0) is 56.7 Å². The number of anilines is 1. The highest BCUT2D eigenvalue weighted by Gasteiger charge is 2.12. The van der Waals surface area contributed by atoms with E-state index in [-0.39, 0.29) is 13.0 Å². The standard InChI is InChI=1S/C23H29NO7/c1-4-28-19-12-13-21(29-5-2)20(15-19)24-22(25)16-31-23(26)7-6-14-30-18-10-8-17(27-3)9-11-18/h8-13,15H,4-7,14,16H2,1-3H3,(H,24,25). The van der Waals surface area contributed by atoms with E-state index in [9.17, 15) is 9.59 Å². The molecule has 0 saturated carbocycles. The van der Waals surface area contributed by atoms with E-state index >= 15 is 0 Å². The van der Waals surface area contributed by atoms with Crippen LogP contribution in [-0.2, 0) is 14.3 Å². The number of rotatable bonds is 13. The third kappa shape index (κ3) is 8.46. The minimum atomic E-state index is -0.471. The van der Waals surface area contributed by atoms with Crippen molar-refractivity contribution in [3.8, 4) is 23.0 Å². The van der Waals surface area contributed by atoms with Gasteiger partial charge in [-0.1, -0.05) is 0 Å². The van der Waals surface area contributed by atoms with Crippen LogP contribution < -0.4 is 24.3 Å². The van der Waals surface area contributed by atoms with Gasteiger partial charge in [-0.25, -0.2) is 0 Å². The zero-order valence-electron chi connectivity index (χ0n) is 18.1. The summed E-state index contributed by atoms with van der Waals surface area (Å²) in [6.07, 6.45) is 0.616. The van der Waals surface area contributed by atoms with Gasteiger partial charge >= 0.3 is 5.97 Å². The quantitative estimate of drug-likeness (QED) is 0.381. The predicted molar refractivity (Wildman–Crippen MR) is 116 cm³/mol. The van der Waals surface area contributed by atoms with Gasteiger partial charge in [0.25, 0.3) is 5.91 Å². The Labute approximate surface area is 182 Å². The Morgan fingerprint density at radius 3 is 2.23 bits per heavy atom. The van der Waals surface area contributed by atoms with E-state index in [0.29, 0.717) is 49.2 Å². The Morgan fingerprint density at radius 1 is 0.871 bits per heavy atom. The molecule has 2 rings (SSSR count). The average Bonchev–Trinajstić information content (AvgIpc) is 2.78. The number of benzene rings is 2. The molecule has 8 heteroatoms. The highest BCUT2D eigenvalue weighted by Crippen LogP contribution is 2.29. The van der Waals surface area contributed by atoms with Crippen molar-refractivity contribution in [1.29, 1.82) is 0 Å². The summed E-state index contributed by atoms with van der Waals surface area (Å²) in [4.78, 5) is 24.1. The summed E-state index contributed by atoms with van der Waals surface area (Å²) in [5.41, 5.74) is 0.460. The van der Waals surface area contributed by atoms with Crippen LogP contribution in [0.15, 0.2) is 42.5 Å². The molecule has 0 aliphatic heterocycles. The maximum atomic E-state index is 12.2. The topological polar surface area (TPSA) is 92.3 Å². The van der Waals surface area contributed by atoms with Crippen LogP contribution >= 0.6 is 0 Å². The van der Waals surface area contributed by atoms with Crippen molar-refractivity contribution >= 4 is 17.6 Å². The molecule has 0 aromatic heterocycles. The van der Waals surface area contributed by atoms with Gasteiger partial charge in [-0.2, -0.15) is 0 Å². The molecule has 2 aromatic carbocycles. The summed E-state index contributed by atoms with van der Waals surface area (Å²) in [5.74, 6) is 1.62. The lowest BCUT2D eigenvalue weighted by Crippen LogP contribution is -2.21. The third-order valence-electron chi connectivity index (χ3n) is 4.05. The van der Waals surface area contributed by atoms with E-state index in [2.05, 4.69) is 5.32 Å². The Kier molecular flexibility index (Phi) is 10.0. The van der Waals surface area contributed by atoms with Crippen LogP contribution in [0.2, 0.25) is 0 Å². The van der Waals surface area contributed by atoms with Crippen LogP contribution in [0.1, 0.15) is 26.7 Å². The number of carbonyl (C=O) groups excluding carboxylic acids is 2. The van der Waals surface area contributed by atoms with Gasteiger partial charge in [-0.3, -0.25) is 9.59 Å². The summed E-state index contributed by atoms with van der Waals surface area (Å²) in [6, 6.07) is 12.3. The van der Waals surface area contributed by atoms with E-state index in [4.69, 9.17) is 23.7 Å². The molecule has 8 nitrogen and oxygen atoms in total. The van der Waals surface area contributed by atoms with Crippen LogP contribution in [0.5, 0.6) is 23.0 Å². The molecule has 0 heterocycles. The van der Waals surface area contributed by atoms with Gasteiger partial charge in [0.1, 0.15) is 23.0 Å². The van der Waals surface area contributed by atoms with Gasteiger partial charge in [0.05, 0.1) is 32.6 Å². The fraction of sp³-hybridized carbons (Fsp3) is 0.391. The van der Waals surface area contributed by atoms with Gasteiger partial charge in [-0.15, -0.1) is 0 Å². The molecule has 0 spiro atoms. The molecular weight excluding hydrogens is 402 g/mol. The monoisotopic (exact) mass is 431 g/mol. The fourth-order valence-corrected chi connectivity index (χ4v) is 2.63. The van der Waals surface area contributed by atoms with Crippen molar-refractivity contribution in [3.05, 3.63) is 42.5 Å². The molecule has 0 unspecified atom stereocenters. The summed E-state index contributed by atoms with van der Waals surface area (Å²) < 4.78 is 26.6. The second kappa shape index (κ2) is 13.0. The first-order chi connectivity index (χ1) is 15.0. The fourth-order valence-electron chi connectivity index (χ4n) is 2.63. The van der Waals surface area contributed by atoms with Crippen LogP contribution in [0.3, 0.4) is 0 Å². The maximum absolute atomic E-state index is 12.2. The van der Waals surface area contributed by atoms with Gasteiger partial charge in [0, 0.05) is 12.5 Å². The van der Waals surface area contributed by atoms with Crippen LogP contribution in [0.25, 0.3) is 0 Å². The van der Waals surface area contributed by atoms with Gasteiger partial charge in [0.2, 0.25) is 0 Å². The van der Waals surface area contributed by atoms with Crippen molar-refractivity contribution in [2.75, 3.05) is 38.9 Å². The highest BCUT2D eigenvalue weighted by molar-refractivity contribution is 5.94. The number of hydrogen-bond donors (Lipinski definition) is 1. The highest BCUT2D eigenvalue weighted by atomic mass is 16.5. The Hall–Kier alpha value is -3.42. The van der Waals surface area contributed by atoms with Gasteiger partial charge < -0.3 is 29.0 Å². The van der Waals surface area contributed by atoms with E-state index in [1.807, 2.05) is 13.8 Å². The molecular formula is C23H29NO7. The number of carbonyl (C=O) groups is 2. The first kappa shape index (κ1) is 23.9. The molecule has 0 atom stereocenters. The normalized spacial score (nSPS) is 10.2. The van der Waals surface area contributed by atoms with Crippen molar-refractivity contribution in [2.45, 2.75) is 26.7 Å². The lowest BCUT2D eigenvalue weighted by Gasteiger charge is -2.13. The van der Waals surface area contributed by atoms with Gasteiger partial charge in [0.15, 0.2) is 6.61 Å². The van der Waals surface area contributed by atoms with Crippen LogP contribution in [-0.4, -0.2) is 45.4 Å². The molecule has 1 amide bonds. The minimum Gasteiger partial charge on any atom is -0.497 e. The van der Waals surface area contributed by atoms with Crippen molar-refractivity contribution in [1.82, 2.24) is 0 Å². The zero-order chi connectivity index (χ0) is 22.5. The number of methoxy groups -OCH3 is 1. The second-order valence-electron chi connectivity index (χ2n) is 6.36. The molecule has 0 aliphatic carbocycles. The SMILES string of the molecule is CCOc1ccc(OCC)c(NC(=O)COC(=O)CCCOc2ccc(OC)cc2)c1. The average molecular weight is 431 g/mol. The molecule has 0 bridgehead atoms. The molecule has 168 valence electrons. The van der Waals surface area contributed by atoms with Crippen molar-refractivity contribution < 1.29 is 33.3 Å². The zero-order valence-corrected chi connectivity index (χ0v) is 18.1. The number of amides is 1. The number of nitrogens with one attached hydrogen (secondary N) is 1. The number of hydrogen-bond acceptors (Lipinski definition) is 7. The number of ether oxygens (including phenoxy) is 5. The van der Waals surface area contributed by atoms with Crippen molar-refractivity contribution in [3.63, 3.8) is 0 Å². The van der Waals surface area contributed by atoms with Crippen LogP contribution in [0, 0.1) is 0 Å². The molecule has 1 N–H and O–H groups in total. The smallest absolute Gasteiger partial charge is 0.306 e. The molecule has 0 saturated heterocycles. The second-order valence-corrected chi connectivity index (χ2v) is 6.36. The van der Waals surface area contributed by atoms with E-state index in [1.165, 1.54) is 0 Å². The minimum absolute atomic E-state index is 0.146. The summed E-state index contributed by atoms with van der Waals surface area (Å²) in [7, 11) is 1.59. The van der Waals surface area contributed by atoms with E-state index in [1.54, 1.807) is 49.6 Å². The molecule has 0 radical (unpaired) electrons. The Bertz CT molecular complexity index is 836. The molecule has 2 aromatic rings. The Balaban J connectivity index is 1.72. The molecule has 31 heavy (non-hydrogen) atoms. The predicted octanol–water partition coefficient (Wildman–Crippen LogP) is 3.83. The summed E-state index contributed by atoms with van der Waals surface area (Å²) in [5, 5.41) is 2.69. The Morgan fingerprint density at radius 2 is 1.55 bits per heavy atom. The maximum Gasteiger partial charge on any atom is 0.306 e. The third-order valence-corrected chi connectivity index (χ3v) is 4.05. The number of esters is 1.